The van der Waals surface area contributed by atoms with Crippen LogP contribution in [-0.4, -0.2) is 51.7 Å². The molecule has 116 valence electrons. The molecule has 0 aliphatic carbocycles. The number of hydrogen-bond acceptors (Lipinski definition) is 4. The second-order valence-electron chi connectivity index (χ2n) is 5.42. The maximum Gasteiger partial charge on any atom is 0.257 e. The highest BCUT2D eigenvalue weighted by molar-refractivity contribution is 5.97. The zero-order valence-electron chi connectivity index (χ0n) is 13.0. The van der Waals surface area contributed by atoms with E-state index >= 15 is 0 Å². The summed E-state index contributed by atoms with van der Waals surface area (Å²) < 4.78 is 10.6. The lowest BCUT2D eigenvalue weighted by Crippen LogP contribution is -2.37. The van der Waals surface area contributed by atoms with E-state index in [4.69, 9.17) is 9.47 Å². The number of ether oxygens (including phenoxy) is 2. The Labute approximate surface area is 126 Å². The van der Waals surface area contributed by atoms with Crippen molar-refractivity contribution in [2.24, 2.45) is 5.92 Å². The van der Waals surface area contributed by atoms with Crippen LogP contribution >= 0.6 is 0 Å². The van der Waals surface area contributed by atoms with Crippen molar-refractivity contribution in [2.75, 3.05) is 40.9 Å². The number of nitrogens with one attached hydrogen (secondary N) is 1. The van der Waals surface area contributed by atoms with E-state index in [1.807, 2.05) is 13.1 Å². The van der Waals surface area contributed by atoms with E-state index < -0.39 is 0 Å². The molecule has 0 aromatic heterocycles. The molecule has 1 saturated heterocycles. The monoisotopic (exact) mass is 292 g/mol. The lowest BCUT2D eigenvalue weighted by Gasteiger charge is -2.28. The lowest BCUT2D eigenvalue weighted by atomic mass is 9.97. The molecule has 0 spiro atoms. The van der Waals surface area contributed by atoms with Crippen LogP contribution in [0.2, 0.25) is 0 Å². The number of hydrogen-bond donors (Lipinski definition) is 1. The molecule has 1 aromatic rings. The standard InChI is InChI=1S/C16H24N2O3/c1-18(11-12-7-9-17-10-8-12)16(19)13-5-4-6-14(20-2)15(13)21-3/h4-6,12,17H,7-11H2,1-3H3. The van der Waals surface area contributed by atoms with Crippen molar-refractivity contribution in [2.45, 2.75) is 12.8 Å². The Morgan fingerprint density at radius 1 is 1.29 bits per heavy atom. The van der Waals surface area contributed by atoms with Gasteiger partial charge in [0.05, 0.1) is 19.8 Å². The number of benzene rings is 1. The van der Waals surface area contributed by atoms with Crippen molar-refractivity contribution in [3.8, 4) is 11.5 Å². The summed E-state index contributed by atoms with van der Waals surface area (Å²) in [5.74, 6) is 1.63. The van der Waals surface area contributed by atoms with Crippen LogP contribution in [0.15, 0.2) is 18.2 Å². The maximum atomic E-state index is 12.6. The number of nitrogens with zero attached hydrogens (tertiary/aromatic N) is 1. The molecule has 21 heavy (non-hydrogen) atoms. The van der Waals surface area contributed by atoms with Crippen molar-refractivity contribution in [3.63, 3.8) is 0 Å². The summed E-state index contributed by atoms with van der Waals surface area (Å²) in [6.07, 6.45) is 2.24. The first-order chi connectivity index (χ1) is 10.2. The average Bonchev–Trinajstić information content (AvgIpc) is 2.54. The number of carbonyl (C=O) groups excluding carboxylic acids is 1. The van der Waals surface area contributed by atoms with Crippen molar-refractivity contribution >= 4 is 5.91 Å². The molecule has 5 heteroatoms. The van der Waals surface area contributed by atoms with Crippen molar-refractivity contribution in [1.29, 1.82) is 0 Å². The fourth-order valence-corrected chi connectivity index (χ4v) is 2.80. The van der Waals surface area contributed by atoms with Gasteiger partial charge < -0.3 is 19.7 Å². The number of methoxy groups -OCH3 is 2. The second kappa shape index (κ2) is 7.31. The molecule has 1 aliphatic rings. The largest absolute Gasteiger partial charge is 0.493 e. The molecule has 1 aliphatic heterocycles. The normalized spacial score (nSPS) is 15.6. The minimum Gasteiger partial charge on any atom is -0.493 e. The number of carbonyl (C=O) groups is 1. The summed E-state index contributed by atoms with van der Waals surface area (Å²) in [4.78, 5) is 14.4. The third-order valence-electron chi connectivity index (χ3n) is 3.97. The summed E-state index contributed by atoms with van der Waals surface area (Å²) >= 11 is 0. The Bertz CT molecular complexity index is 484. The third-order valence-corrected chi connectivity index (χ3v) is 3.97. The summed E-state index contributed by atoms with van der Waals surface area (Å²) in [6, 6.07) is 5.39. The van der Waals surface area contributed by atoms with Crippen LogP contribution in [0.4, 0.5) is 0 Å². The van der Waals surface area contributed by atoms with Gasteiger partial charge in [0.25, 0.3) is 5.91 Å². The number of para-hydroxylation sites is 1. The van der Waals surface area contributed by atoms with Gasteiger partial charge in [0.15, 0.2) is 11.5 Å². The van der Waals surface area contributed by atoms with Gasteiger partial charge >= 0.3 is 0 Å². The van der Waals surface area contributed by atoms with E-state index in [1.165, 1.54) is 0 Å². The Morgan fingerprint density at radius 2 is 2.00 bits per heavy atom. The lowest BCUT2D eigenvalue weighted by molar-refractivity contribution is 0.0758. The molecule has 5 nitrogen and oxygen atoms in total. The van der Waals surface area contributed by atoms with Crippen molar-refractivity contribution in [1.82, 2.24) is 10.2 Å². The summed E-state index contributed by atoms with van der Waals surface area (Å²) in [6.45, 7) is 2.85. The van der Waals surface area contributed by atoms with Gasteiger partial charge in [-0.15, -0.1) is 0 Å². The number of piperidine rings is 1. The molecular formula is C16H24N2O3. The topological polar surface area (TPSA) is 50.8 Å². The smallest absolute Gasteiger partial charge is 0.257 e. The van der Waals surface area contributed by atoms with Crippen LogP contribution in [0.3, 0.4) is 0 Å². The molecule has 1 fully saturated rings. The Kier molecular flexibility index (Phi) is 5.44. The van der Waals surface area contributed by atoms with E-state index in [-0.39, 0.29) is 5.91 Å². The Morgan fingerprint density at radius 3 is 2.62 bits per heavy atom. The van der Waals surface area contributed by atoms with Gasteiger partial charge in [0.1, 0.15) is 0 Å². The van der Waals surface area contributed by atoms with Crippen LogP contribution in [0.25, 0.3) is 0 Å². The van der Waals surface area contributed by atoms with E-state index in [0.717, 1.165) is 32.5 Å². The summed E-state index contributed by atoms with van der Waals surface area (Å²) in [7, 11) is 4.98. The van der Waals surface area contributed by atoms with Gasteiger partial charge in [0.2, 0.25) is 0 Å². The van der Waals surface area contributed by atoms with E-state index in [1.54, 1.807) is 31.3 Å². The number of amides is 1. The van der Waals surface area contributed by atoms with Crippen LogP contribution in [0, 0.1) is 5.92 Å². The van der Waals surface area contributed by atoms with E-state index in [9.17, 15) is 4.79 Å². The zero-order valence-corrected chi connectivity index (χ0v) is 13.0. The SMILES string of the molecule is COc1cccc(C(=O)N(C)CC2CCNCC2)c1OC. The first kappa shape index (κ1) is 15.6. The molecule has 0 saturated carbocycles. The fraction of sp³-hybridized carbons (Fsp3) is 0.562. The molecule has 1 amide bonds. The summed E-state index contributed by atoms with van der Waals surface area (Å²) in [5, 5.41) is 3.34. The van der Waals surface area contributed by atoms with Gasteiger partial charge in [0, 0.05) is 13.6 Å². The molecule has 1 heterocycles. The molecule has 0 unspecified atom stereocenters. The highest BCUT2D eigenvalue weighted by atomic mass is 16.5. The summed E-state index contributed by atoms with van der Waals surface area (Å²) in [5.41, 5.74) is 0.549. The van der Waals surface area contributed by atoms with Gasteiger partial charge in [-0.2, -0.15) is 0 Å². The van der Waals surface area contributed by atoms with Gasteiger partial charge in [-0.1, -0.05) is 6.07 Å². The fourth-order valence-electron chi connectivity index (χ4n) is 2.80. The highest BCUT2D eigenvalue weighted by Crippen LogP contribution is 2.31. The average molecular weight is 292 g/mol. The van der Waals surface area contributed by atoms with Gasteiger partial charge in [-0.3, -0.25) is 4.79 Å². The maximum absolute atomic E-state index is 12.6. The first-order valence-corrected chi connectivity index (χ1v) is 7.34. The number of rotatable bonds is 5. The molecule has 1 N–H and O–H groups in total. The quantitative estimate of drug-likeness (QED) is 0.899. The Hall–Kier alpha value is -1.75. The van der Waals surface area contributed by atoms with Crippen LogP contribution in [-0.2, 0) is 0 Å². The van der Waals surface area contributed by atoms with Crippen LogP contribution in [0.5, 0.6) is 11.5 Å². The van der Waals surface area contributed by atoms with E-state index in [2.05, 4.69) is 5.32 Å². The minimum absolute atomic E-state index is 0.0238. The zero-order chi connectivity index (χ0) is 15.2. The minimum atomic E-state index is -0.0238. The van der Waals surface area contributed by atoms with Crippen LogP contribution < -0.4 is 14.8 Å². The molecule has 0 bridgehead atoms. The predicted molar refractivity (Wildman–Crippen MR) is 82.1 cm³/mol. The molecular weight excluding hydrogens is 268 g/mol. The predicted octanol–water partition coefficient (Wildman–Crippen LogP) is 1.78. The molecule has 1 aromatic carbocycles. The Balaban J connectivity index is 2.11. The van der Waals surface area contributed by atoms with Crippen molar-refractivity contribution < 1.29 is 14.3 Å². The second-order valence-corrected chi connectivity index (χ2v) is 5.42. The van der Waals surface area contributed by atoms with Crippen molar-refractivity contribution in [3.05, 3.63) is 23.8 Å². The highest BCUT2D eigenvalue weighted by Gasteiger charge is 2.22. The van der Waals surface area contributed by atoms with Gasteiger partial charge in [-0.25, -0.2) is 0 Å². The third kappa shape index (κ3) is 3.67. The van der Waals surface area contributed by atoms with Gasteiger partial charge in [-0.05, 0) is 44.0 Å². The molecule has 2 rings (SSSR count). The van der Waals surface area contributed by atoms with Crippen LogP contribution in [0.1, 0.15) is 23.2 Å². The first-order valence-electron chi connectivity index (χ1n) is 7.34. The molecule has 0 radical (unpaired) electrons. The molecule has 0 atom stereocenters. The van der Waals surface area contributed by atoms with E-state index in [0.29, 0.717) is 23.0 Å².